The van der Waals surface area contributed by atoms with Crippen molar-refractivity contribution in [3.8, 4) is 11.1 Å². The molecular weight excluding hydrogens is 436 g/mol. The molecule has 0 atom stereocenters. The van der Waals surface area contributed by atoms with Crippen molar-refractivity contribution in [3.63, 3.8) is 0 Å². The molecule has 0 bridgehead atoms. The lowest BCUT2D eigenvalue weighted by molar-refractivity contribution is -0.118. The van der Waals surface area contributed by atoms with Gasteiger partial charge in [-0.25, -0.2) is 4.98 Å². The van der Waals surface area contributed by atoms with Crippen molar-refractivity contribution in [2.45, 2.75) is 26.8 Å². The maximum absolute atomic E-state index is 13.6. The fraction of sp³-hybridized carbons (Fsp3) is 0.133. The first-order valence-electron chi connectivity index (χ1n) is 11.4. The van der Waals surface area contributed by atoms with E-state index in [-0.39, 0.29) is 5.91 Å². The summed E-state index contributed by atoms with van der Waals surface area (Å²) >= 11 is 1.58. The monoisotopic (exact) mass is 462 g/mol. The number of anilines is 1. The van der Waals surface area contributed by atoms with Crippen LogP contribution < -0.4 is 4.90 Å². The van der Waals surface area contributed by atoms with Gasteiger partial charge >= 0.3 is 0 Å². The van der Waals surface area contributed by atoms with Gasteiger partial charge in [0.1, 0.15) is 0 Å². The molecule has 1 heterocycles. The molecule has 0 aliphatic carbocycles. The van der Waals surface area contributed by atoms with Crippen LogP contribution in [0.5, 0.6) is 0 Å². The molecule has 0 saturated carbocycles. The molecule has 168 valence electrons. The zero-order valence-electron chi connectivity index (χ0n) is 19.4. The molecule has 0 unspecified atom stereocenters. The van der Waals surface area contributed by atoms with Gasteiger partial charge in [0.25, 0.3) is 0 Å². The Kier molecular flexibility index (Phi) is 6.24. The van der Waals surface area contributed by atoms with Crippen molar-refractivity contribution < 1.29 is 4.79 Å². The SMILES string of the molecule is Cc1ccc2sc(N(Cc3ccccc3)C(=O)Cc3ccc(-c4ccccc4)cc3)nc2c1C. The molecule has 1 amide bonds. The standard InChI is InChI=1S/C30H26N2OS/c1-21-13-18-27-29(22(21)2)31-30(34-27)32(20-24-9-5-3-6-10-24)28(33)19-23-14-16-26(17-15-23)25-11-7-4-8-12-25/h3-18H,19-20H2,1-2H3. The van der Waals surface area contributed by atoms with E-state index in [0.717, 1.165) is 32.0 Å². The van der Waals surface area contributed by atoms with Crippen molar-refractivity contribution in [3.05, 3.63) is 119 Å². The molecule has 0 aliphatic rings. The number of hydrogen-bond donors (Lipinski definition) is 0. The first-order chi connectivity index (χ1) is 16.6. The Morgan fingerprint density at radius 1 is 0.765 bits per heavy atom. The van der Waals surface area contributed by atoms with Gasteiger partial charge in [0, 0.05) is 0 Å². The largest absolute Gasteiger partial charge is 0.283 e. The van der Waals surface area contributed by atoms with Crippen molar-refractivity contribution in [1.82, 2.24) is 4.98 Å². The number of rotatable bonds is 6. The summed E-state index contributed by atoms with van der Waals surface area (Å²) in [5, 5.41) is 0.749. The molecule has 0 aliphatic heterocycles. The van der Waals surface area contributed by atoms with E-state index in [1.165, 1.54) is 16.7 Å². The normalized spacial score (nSPS) is 11.0. The molecular formula is C30H26N2OS. The highest BCUT2D eigenvalue weighted by Crippen LogP contribution is 2.33. The minimum atomic E-state index is 0.0461. The average Bonchev–Trinajstić information content (AvgIpc) is 3.31. The van der Waals surface area contributed by atoms with Crippen LogP contribution in [0.2, 0.25) is 0 Å². The minimum Gasteiger partial charge on any atom is -0.283 e. The Morgan fingerprint density at radius 2 is 1.41 bits per heavy atom. The lowest BCUT2D eigenvalue weighted by Gasteiger charge is -2.20. The summed E-state index contributed by atoms with van der Waals surface area (Å²) in [6, 6.07) is 32.9. The van der Waals surface area contributed by atoms with E-state index in [9.17, 15) is 4.79 Å². The van der Waals surface area contributed by atoms with Gasteiger partial charge in [0.2, 0.25) is 5.91 Å². The first kappa shape index (κ1) is 22.1. The second-order valence-electron chi connectivity index (χ2n) is 8.56. The summed E-state index contributed by atoms with van der Waals surface area (Å²) < 4.78 is 1.11. The Bertz CT molecular complexity index is 1420. The first-order valence-corrected chi connectivity index (χ1v) is 12.3. The predicted molar refractivity (Wildman–Crippen MR) is 142 cm³/mol. The maximum Gasteiger partial charge on any atom is 0.233 e. The summed E-state index contributed by atoms with van der Waals surface area (Å²) in [4.78, 5) is 20.3. The van der Waals surface area contributed by atoms with Gasteiger partial charge < -0.3 is 0 Å². The number of aryl methyl sites for hydroxylation is 2. The number of benzene rings is 4. The maximum atomic E-state index is 13.6. The fourth-order valence-electron chi connectivity index (χ4n) is 4.07. The summed E-state index contributed by atoms with van der Waals surface area (Å²) in [6.07, 6.45) is 0.329. The molecule has 34 heavy (non-hydrogen) atoms. The van der Waals surface area contributed by atoms with Crippen LogP contribution in [0.1, 0.15) is 22.3 Å². The Hall–Kier alpha value is -3.76. The molecule has 0 spiro atoms. The number of aromatic nitrogens is 1. The second-order valence-corrected chi connectivity index (χ2v) is 9.56. The summed E-state index contributed by atoms with van der Waals surface area (Å²) in [7, 11) is 0. The second kappa shape index (κ2) is 9.62. The van der Waals surface area contributed by atoms with Crippen molar-refractivity contribution in [1.29, 1.82) is 0 Å². The van der Waals surface area contributed by atoms with Gasteiger partial charge in [0.05, 0.1) is 23.2 Å². The van der Waals surface area contributed by atoms with Gasteiger partial charge in [-0.1, -0.05) is 102 Å². The van der Waals surface area contributed by atoms with Crippen LogP contribution in [0.15, 0.2) is 97.1 Å². The third kappa shape index (κ3) is 4.63. The summed E-state index contributed by atoms with van der Waals surface area (Å²) in [5.41, 5.74) is 7.77. The number of fused-ring (bicyclic) bond motifs is 1. The molecule has 5 aromatic rings. The van der Waals surface area contributed by atoms with E-state index in [2.05, 4.69) is 62.4 Å². The number of hydrogen-bond acceptors (Lipinski definition) is 3. The van der Waals surface area contributed by atoms with Gasteiger partial charge in [0.15, 0.2) is 5.13 Å². The molecule has 5 rings (SSSR count). The fourth-order valence-corrected chi connectivity index (χ4v) is 5.12. The van der Waals surface area contributed by atoms with Crippen LogP contribution >= 0.6 is 11.3 Å². The van der Waals surface area contributed by atoms with Crippen LogP contribution in [-0.4, -0.2) is 10.9 Å². The highest BCUT2D eigenvalue weighted by atomic mass is 32.1. The quantitative estimate of drug-likeness (QED) is 0.264. The Morgan fingerprint density at radius 3 is 2.12 bits per heavy atom. The number of carbonyl (C=O) groups excluding carboxylic acids is 1. The number of thiazole rings is 1. The molecule has 4 heteroatoms. The van der Waals surface area contributed by atoms with Crippen LogP contribution in [0.3, 0.4) is 0 Å². The lowest BCUT2D eigenvalue weighted by atomic mass is 10.0. The smallest absolute Gasteiger partial charge is 0.233 e. The number of nitrogens with zero attached hydrogens (tertiary/aromatic N) is 2. The molecule has 3 nitrogen and oxygen atoms in total. The molecule has 4 aromatic carbocycles. The average molecular weight is 463 g/mol. The summed E-state index contributed by atoms with van der Waals surface area (Å²) in [5.74, 6) is 0.0461. The molecule has 1 aromatic heterocycles. The predicted octanol–water partition coefficient (Wildman–Crippen LogP) is 7.36. The molecule has 0 radical (unpaired) electrons. The number of amides is 1. The van der Waals surface area contributed by atoms with E-state index in [0.29, 0.717) is 13.0 Å². The van der Waals surface area contributed by atoms with Gasteiger partial charge in [-0.2, -0.15) is 0 Å². The highest BCUT2D eigenvalue weighted by Gasteiger charge is 2.21. The van der Waals surface area contributed by atoms with Crippen molar-refractivity contribution in [2.75, 3.05) is 4.90 Å². The summed E-state index contributed by atoms with van der Waals surface area (Å²) in [6.45, 7) is 4.69. The van der Waals surface area contributed by atoms with Crippen LogP contribution in [-0.2, 0) is 17.8 Å². The van der Waals surface area contributed by atoms with E-state index < -0.39 is 0 Å². The molecule has 0 N–H and O–H groups in total. The van der Waals surface area contributed by atoms with Gasteiger partial charge in [-0.3, -0.25) is 9.69 Å². The third-order valence-corrected chi connectivity index (χ3v) is 7.25. The van der Waals surface area contributed by atoms with E-state index in [1.807, 2.05) is 53.4 Å². The van der Waals surface area contributed by atoms with Crippen LogP contribution in [0.4, 0.5) is 5.13 Å². The third-order valence-electron chi connectivity index (χ3n) is 6.21. The van der Waals surface area contributed by atoms with Crippen LogP contribution in [0.25, 0.3) is 21.3 Å². The van der Waals surface area contributed by atoms with Crippen LogP contribution in [0, 0.1) is 13.8 Å². The van der Waals surface area contributed by atoms with Gasteiger partial charge in [-0.05, 0) is 53.3 Å². The van der Waals surface area contributed by atoms with Crippen molar-refractivity contribution >= 4 is 32.6 Å². The molecule has 0 saturated heterocycles. The molecule has 0 fully saturated rings. The topological polar surface area (TPSA) is 33.2 Å². The minimum absolute atomic E-state index is 0.0461. The Labute approximate surface area is 204 Å². The Balaban J connectivity index is 1.44. The van der Waals surface area contributed by atoms with Crippen molar-refractivity contribution in [2.24, 2.45) is 0 Å². The van der Waals surface area contributed by atoms with E-state index >= 15 is 0 Å². The van der Waals surface area contributed by atoms with Gasteiger partial charge in [-0.15, -0.1) is 0 Å². The van der Waals surface area contributed by atoms with E-state index in [1.54, 1.807) is 11.3 Å². The van der Waals surface area contributed by atoms with E-state index in [4.69, 9.17) is 4.98 Å². The lowest BCUT2D eigenvalue weighted by Crippen LogP contribution is -2.31. The highest BCUT2D eigenvalue weighted by molar-refractivity contribution is 7.22. The number of carbonyl (C=O) groups is 1. The zero-order chi connectivity index (χ0) is 23.5. The zero-order valence-corrected chi connectivity index (χ0v) is 20.2.